The minimum absolute atomic E-state index is 0.339. The van der Waals surface area contributed by atoms with Gasteiger partial charge >= 0.3 is 0 Å². The Morgan fingerprint density at radius 3 is 3.17 bits per heavy atom. The van der Waals surface area contributed by atoms with E-state index in [-0.39, 0.29) is 0 Å². The van der Waals surface area contributed by atoms with Crippen molar-refractivity contribution in [3.8, 4) is 0 Å². The van der Waals surface area contributed by atoms with Gasteiger partial charge in [0.15, 0.2) is 0 Å². The third kappa shape index (κ3) is 1.33. The summed E-state index contributed by atoms with van der Waals surface area (Å²) < 4.78 is 0. The van der Waals surface area contributed by atoms with Crippen molar-refractivity contribution in [1.29, 1.82) is 0 Å². The molecule has 12 heavy (non-hydrogen) atoms. The highest BCUT2D eigenvalue weighted by atomic mass is 16.2. The molecule has 0 radical (unpaired) electrons. The Labute approximate surface area is 73.1 Å². The smallest absolute Gasteiger partial charge is 0.225 e. The summed E-state index contributed by atoms with van der Waals surface area (Å²) in [6, 6.07) is 0.372. The van der Waals surface area contributed by atoms with E-state index >= 15 is 0 Å². The van der Waals surface area contributed by atoms with E-state index in [9.17, 15) is 4.79 Å². The van der Waals surface area contributed by atoms with Gasteiger partial charge in [0.25, 0.3) is 0 Å². The molecule has 2 aliphatic rings. The van der Waals surface area contributed by atoms with Crippen LogP contribution < -0.4 is 5.32 Å². The van der Waals surface area contributed by atoms with Crippen LogP contribution in [0.15, 0.2) is 0 Å². The predicted molar refractivity (Wildman–Crippen MR) is 46.6 cm³/mol. The first kappa shape index (κ1) is 8.05. The number of piperidine rings is 1. The van der Waals surface area contributed by atoms with Crippen LogP contribution in [-0.4, -0.2) is 29.6 Å². The largest absolute Gasteiger partial charge is 0.327 e. The van der Waals surface area contributed by atoms with E-state index in [4.69, 9.17) is 0 Å². The molecule has 68 valence electrons. The second kappa shape index (κ2) is 3.05. The molecule has 2 heterocycles. The van der Waals surface area contributed by atoms with Crippen LogP contribution in [0.4, 0.5) is 0 Å². The van der Waals surface area contributed by atoms with Crippen LogP contribution in [-0.2, 0) is 4.79 Å². The summed E-state index contributed by atoms with van der Waals surface area (Å²) in [5.41, 5.74) is 0. The third-order valence-electron chi connectivity index (χ3n) is 2.78. The maximum atomic E-state index is 11.5. The van der Waals surface area contributed by atoms with Crippen molar-refractivity contribution in [3.63, 3.8) is 0 Å². The van der Waals surface area contributed by atoms with Crippen molar-refractivity contribution < 1.29 is 4.79 Å². The summed E-state index contributed by atoms with van der Waals surface area (Å²) >= 11 is 0. The number of hydrogen-bond donors (Lipinski definition) is 1. The van der Waals surface area contributed by atoms with Crippen molar-refractivity contribution in [2.24, 2.45) is 0 Å². The van der Waals surface area contributed by atoms with Crippen molar-refractivity contribution in [3.05, 3.63) is 0 Å². The molecule has 0 aromatic rings. The van der Waals surface area contributed by atoms with Crippen LogP contribution >= 0.6 is 0 Å². The van der Waals surface area contributed by atoms with Gasteiger partial charge in [-0.05, 0) is 26.2 Å². The van der Waals surface area contributed by atoms with E-state index in [1.165, 1.54) is 12.8 Å². The second-order valence-corrected chi connectivity index (χ2v) is 3.87. The van der Waals surface area contributed by atoms with Gasteiger partial charge < -0.3 is 4.90 Å². The molecule has 0 spiro atoms. The van der Waals surface area contributed by atoms with Crippen LogP contribution in [0.25, 0.3) is 0 Å². The lowest BCUT2D eigenvalue weighted by molar-refractivity contribution is -0.140. The van der Waals surface area contributed by atoms with Gasteiger partial charge in [-0.2, -0.15) is 0 Å². The fourth-order valence-corrected chi connectivity index (χ4v) is 2.17. The fourth-order valence-electron chi connectivity index (χ4n) is 2.17. The normalized spacial score (nSPS) is 36.4. The summed E-state index contributed by atoms with van der Waals surface area (Å²) in [5, 5.41) is 3.45. The number of nitrogens with one attached hydrogen (secondary N) is 1. The zero-order valence-electron chi connectivity index (χ0n) is 7.55. The van der Waals surface area contributed by atoms with Gasteiger partial charge in [0.2, 0.25) is 5.91 Å². The Morgan fingerprint density at radius 1 is 1.50 bits per heavy atom. The molecule has 0 aliphatic carbocycles. The number of carbonyl (C=O) groups is 1. The minimum atomic E-state index is 0.339. The Hall–Kier alpha value is -0.570. The molecule has 2 aliphatic heterocycles. The average Bonchev–Trinajstić information content (AvgIpc) is 2.04. The van der Waals surface area contributed by atoms with E-state index in [0.29, 0.717) is 24.5 Å². The highest BCUT2D eigenvalue weighted by Gasteiger charge is 2.32. The molecule has 3 heteroatoms. The molecule has 2 atom stereocenters. The summed E-state index contributed by atoms with van der Waals surface area (Å²) in [5.74, 6) is 0.339. The fraction of sp³-hybridized carbons (Fsp3) is 0.889. The monoisotopic (exact) mass is 168 g/mol. The maximum Gasteiger partial charge on any atom is 0.225 e. The zero-order valence-corrected chi connectivity index (χ0v) is 7.55. The van der Waals surface area contributed by atoms with Crippen molar-refractivity contribution in [2.75, 3.05) is 6.54 Å². The number of hydrogen-bond acceptors (Lipinski definition) is 2. The van der Waals surface area contributed by atoms with Gasteiger partial charge in [-0.3, -0.25) is 10.1 Å². The molecule has 2 saturated heterocycles. The van der Waals surface area contributed by atoms with E-state index in [1.807, 2.05) is 4.90 Å². The molecule has 0 saturated carbocycles. The predicted octanol–water partition coefficient (Wildman–Crippen LogP) is 0.707. The van der Waals surface area contributed by atoms with Gasteiger partial charge in [-0.15, -0.1) is 0 Å². The third-order valence-corrected chi connectivity index (χ3v) is 2.78. The zero-order chi connectivity index (χ0) is 8.55. The van der Waals surface area contributed by atoms with Crippen molar-refractivity contribution >= 4 is 5.91 Å². The number of rotatable bonds is 0. The molecular weight excluding hydrogens is 152 g/mol. The van der Waals surface area contributed by atoms with Gasteiger partial charge in [-0.25, -0.2) is 0 Å². The van der Waals surface area contributed by atoms with Crippen LogP contribution in [0, 0.1) is 0 Å². The highest BCUT2D eigenvalue weighted by Crippen LogP contribution is 2.20. The number of carbonyl (C=O) groups excluding carboxylic acids is 1. The summed E-state index contributed by atoms with van der Waals surface area (Å²) in [4.78, 5) is 13.5. The van der Waals surface area contributed by atoms with E-state index in [2.05, 4.69) is 12.2 Å². The van der Waals surface area contributed by atoms with Crippen LogP contribution in [0.2, 0.25) is 0 Å². The van der Waals surface area contributed by atoms with Gasteiger partial charge in [0.05, 0.1) is 6.17 Å². The first-order chi connectivity index (χ1) is 5.77. The lowest BCUT2D eigenvalue weighted by Crippen LogP contribution is -2.59. The summed E-state index contributed by atoms with van der Waals surface area (Å²) in [7, 11) is 0. The Bertz CT molecular complexity index is 193. The number of amides is 1. The molecule has 0 aromatic heterocycles. The van der Waals surface area contributed by atoms with Crippen molar-refractivity contribution in [1.82, 2.24) is 10.2 Å². The molecule has 0 aromatic carbocycles. The maximum absolute atomic E-state index is 11.5. The van der Waals surface area contributed by atoms with Crippen LogP contribution in [0.1, 0.15) is 32.6 Å². The Morgan fingerprint density at radius 2 is 2.33 bits per heavy atom. The minimum Gasteiger partial charge on any atom is -0.327 e. The van der Waals surface area contributed by atoms with Crippen molar-refractivity contribution in [2.45, 2.75) is 44.8 Å². The topological polar surface area (TPSA) is 32.3 Å². The van der Waals surface area contributed by atoms with Gasteiger partial charge in [0, 0.05) is 19.0 Å². The van der Waals surface area contributed by atoms with Crippen LogP contribution in [0.3, 0.4) is 0 Å². The Balaban J connectivity index is 2.06. The molecule has 2 rings (SSSR count). The first-order valence-corrected chi connectivity index (χ1v) is 4.83. The van der Waals surface area contributed by atoms with E-state index in [0.717, 1.165) is 13.0 Å². The summed E-state index contributed by atoms with van der Waals surface area (Å²) in [6.45, 7) is 3.05. The standard InChI is InChI=1S/C9H16N2O/c1-7-6-9(12)11-5-3-2-4-8(11)10-7/h7-8,10H,2-6H2,1H3. The van der Waals surface area contributed by atoms with Gasteiger partial charge in [0.1, 0.15) is 0 Å². The average molecular weight is 168 g/mol. The van der Waals surface area contributed by atoms with Crippen LogP contribution in [0.5, 0.6) is 0 Å². The second-order valence-electron chi connectivity index (χ2n) is 3.87. The SMILES string of the molecule is CC1CC(=O)N2CCCCC2N1. The first-order valence-electron chi connectivity index (χ1n) is 4.83. The molecule has 1 N–H and O–H groups in total. The lowest BCUT2D eigenvalue weighted by atomic mass is 10.0. The van der Waals surface area contributed by atoms with E-state index in [1.54, 1.807) is 0 Å². The molecular formula is C9H16N2O. The molecule has 2 unspecified atom stereocenters. The molecule has 0 bridgehead atoms. The Kier molecular flexibility index (Phi) is 2.05. The highest BCUT2D eigenvalue weighted by molar-refractivity contribution is 5.78. The molecule has 2 fully saturated rings. The number of fused-ring (bicyclic) bond motifs is 1. The number of nitrogens with zero attached hydrogens (tertiary/aromatic N) is 1. The van der Waals surface area contributed by atoms with E-state index < -0.39 is 0 Å². The van der Waals surface area contributed by atoms with Gasteiger partial charge in [-0.1, -0.05) is 0 Å². The summed E-state index contributed by atoms with van der Waals surface area (Å²) in [6.07, 6.45) is 4.59. The molecule has 3 nitrogen and oxygen atoms in total. The quantitative estimate of drug-likeness (QED) is 0.577. The lowest BCUT2D eigenvalue weighted by Gasteiger charge is -2.42. The molecule has 1 amide bonds.